The second-order valence-electron chi connectivity index (χ2n) is 8.84. The van der Waals surface area contributed by atoms with Crippen LogP contribution in [0, 0.1) is 5.92 Å². The first-order valence-electron chi connectivity index (χ1n) is 11.4. The van der Waals surface area contributed by atoms with Crippen molar-refractivity contribution in [2.45, 2.75) is 51.8 Å². The highest BCUT2D eigenvalue weighted by atomic mass is 16.5. The Morgan fingerprint density at radius 1 is 1.06 bits per heavy atom. The van der Waals surface area contributed by atoms with Gasteiger partial charge in [-0.3, -0.25) is 14.5 Å². The number of rotatable bonds is 6. The molecule has 2 aliphatic rings. The van der Waals surface area contributed by atoms with Gasteiger partial charge in [-0.1, -0.05) is 42.5 Å². The molecule has 0 aliphatic carbocycles. The summed E-state index contributed by atoms with van der Waals surface area (Å²) in [5, 5.41) is 0. The van der Waals surface area contributed by atoms with E-state index in [0.717, 1.165) is 32.6 Å². The molecule has 164 valence electrons. The number of hydrogen-bond acceptors (Lipinski definition) is 4. The zero-order valence-electron chi connectivity index (χ0n) is 18.5. The fraction of sp³-hybridized carbons (Fsp3) is 0.462. The van der Waals surface area contributed by atoms with Gasteiger partial charge < -0.3 is 9.64 Å². The second-order valence-corrected chi connectivity index (χ2v) is 8.84. The number of piperidine rings is 2. The Labute approximate surface area is 185 Å². The summed E-state index contributed by atoms with van der Waals surface area (Å²) in [6.07, 6.45) is 2.80. The zero-order valence-corrected chi connectivity index (χ0v) is 18.5. The lowest BCUT2D eigenvalue weighted by Gasteiger charge is -2.47. The first-order chi connectivity index (χ1) is 15.0. The zero-order chi connectivity index (χ0) is 21.8. The van der Waals surface area contributed by atoms with E-state index >= 15 is 0 Å². The van der Waals surface area contributed by atoms with Gasteiger partial charge in [0.1, 0.15) is 5.75 Å². The average Bonchev–Trinajstić information content (AvgIpc) is 2.79. The molecule has 31 heavy (non-hydrogen) atoms. The number of carbonyl (C=O) groups excluding carboxylic acids is 2. The predicted octanol–water partition coefficient (Wildman–Crippen LogP) is 4.17. The van der Waals surface area contributed by atoms with E-state index in [1.807, 2.05) is 4.90 Å². The second kappa shape index (κ2) is 9.65. The lowest BCUT2D eigenvalue weighted by Crippen LogP contribution is -2.56. The number of likely N-dealkylation sites (tertiary alicyclic amines) is 2. The van der Waals surface area contributed by atoms with E-state index in [0.29, 0.717) is 23.3 Å². The molecule has 0 radical (unpaired) electrons. The van der Waals surface area contributed by atoms with Crippen LogP contribution in [-0.2, 0) is 11.3 Å². The lowest BCUT2D eigenvalue weighted by molar-refractivity contribution is -0.141. The molecule has 5 heteroatoms. The van der Waals surface area contributed by atoms with E-state index in [9.17, 15) is 9.59 Å². The van der Waals surface area contributed by atoms with Crippen LogP contribution < -0.4 is 4.74 Å². The van der Waals surface area contributed by atoms with Crippen LogP contribution in [-0.4, -0.2) is 53.3 Å². The Morgan fingerprint density at radius 2 is 1.87 bits per heavy atom. The molecule has 0 spiro atoms. The Kier molecular flexibility index (Phi) is 6.71. The number of nitrogens with zero attached hydrogens (tertiary/aromatic N) is 2. The van der Waals surface area contributed by atoms with Crippen molar-refractivity contribution in [1.82, 2.24) is 9.80 Å². The van der Waals surface area contributed by atoms with E-state index in [2.05, 4.69) is 35.2 Å². The van der Waals surface area contributed by atoms with Gasteiger partial charge in [0, 0.05) is 31.2 Å². The molecule has 5 nitrogen and oxygen atoms in total. The minimum Gasteiger partial charge on any atom is -0.481 e. The van der Waals surface area contributed by atoms with Crippen molar-refractivity contribution in [1.29, 1.82) is 0 Å². The molecule has 0 aromatic heterocycles. The summed E-state index contributed by atoms with van der Waals surface area (Å²) in [5.41, 5.74) is 1.95. The lowest BCUT2D eigenvalue weighted by atomic mass is 9.83. The molecule has 2 aromatic rings. The number of Topliss-reactive ketones (excluding diaryl/α,β-unsaturated/α-hetero) is 1. The molecule has 0 bridgehead atoms. The fourth-order valence-corrected chi connectivity index (χ4v) is 5.02. The summed E-state index contributed by atoms with van der Waals surface area (Å²) in [4.78, 5) is 29.3. The third kappa shape index (κ3) is 5.16. The molecule has 2 heterocycles. The first-order valence-corrected chi connectivity index (χ1v) is 11.4. The number of fused-ring (bicyclic) bond motifs is 1. The van der Waals surface area contributed by atoms with Crippen LogP contribution in [0.2, 0.25) is 0 Å². The molecule has 2 fully saturated rings. The summed E-state index contributed by atoms with van der Waals surface area (Å²) in [6.45, 7) is 7.03. The highest BCUT2D eigenvalue weighted by Gasteiger charge is 2.38. The van der Waals surface area contributed by atoms with Crippen LogP contribution in [0.25, 0.3) is 0 Å². The third-order valence-corrected chi connectivity index (χ3v) is 6.62. The normalized spacial score (nSPS) is 22.5. The van der Waals surface area contributed by atoms with E-state index in [1.54, 1.807) is 31.2 Å². The van der Waals surface area contributed by atoms with Crippen LogP contribution in [0.15, 0.2) is 54.6 Å². The van der Waals surface area contributed by atoms with Crippen LogP contribution in [0.3, 0.4) is 0 Å². The Balaban J connectivity index is 1.36. The summed E-state index contributed by atoms with van der Waals surface area (Å²) in [5.74, 6) is 1.11. The third-order valence-electron chi connectivity index (χ3n) is 6.62. The van der Waals surface area contributed by atoms with E-state index in [4.69, 9.17) is 4.74 Å². The molecule has 2 aromatic carbocycles. The minimum absolute atomic E-state index is 0.0103. The van der Waals surface area contributed by atoms with Crippen LogP contribution in [0.4, 0.5) is 0 Å². The molecular formula is C26H32N2O3. The van der Waals surface area contributed by atoms with E-state index in [-0.39, 0.29) is 11.7 Å². The van der Waals surface area contributed by atoms with Gasteiger partial charge in [0.15, 0.2) is 11.9 Å². The van der Waals surface area contributed by atoms with Crippen molar-refractivity contribution in [3.05, 3.63) is 65.7 Å². The first kappa shape index (κ1) is 21.6. The maximum atomic E-state index is 13.1. The molecule has 2 saturated heterocycles. The van der Waals surface area contributed by atoms with Crippen molar-refractivity contribution < 1.29 is 14.3 Å². The number of hydrogen-bond donors (Lipinski definition) is 0. The van der Waals surface area contributed by atoms with E-state index < -0.39 is 6.10 Å². The monoisotopic (exact) mass is 420 g/mol. The van der Waals surface area contributed by atoms with Crippen LogP contribution >= 0.6 is 0 Å². The highest BCUT2D eigenvalue weighted by molar-refractivity contribution is 5.94. The van der Waals surface area contributed by atoms with Gasteiger partial charge in [0.2, 0.25) is 0 Å². The van der Waals surface area contributed by atoms with Crippen molar-refractivity contribution in [2.75, 3.05) is 19.6 Å². The summed E-state index contributed by atoms with van der Waals surface area (Å²) >= 11 is 0. The largest absolute Gasteiger partial charge is 0.481 e. The molecule has 2 aliphatic heterocycles. The van der Waals surface area contributed by atoms with Gasteiger partial charge in [0.25, 0.3) is 5.91 Å². The Morgan fingerprint density at radius 3 is 2.65 bits per heavy atom. The molecule has 1 amide bonds. The summed E-state index contributed by atoms with van der Waals surface area (Å²) < 4.78 is 5.90. The maximum absolute atomic E-state index is 13.1. The predicted molar refractivity (Wildman–Crippen MR) is 121 cm³/mol. The SMILES string of the molecule is CC(=O)c1cccc(O[C@H](C)C(=O)N2CC[C@@H]3[C@@H](CCCN3Cc3ccccc3)C2)c1. The van der Waals surface area contributed by atoms with Crippen molar-refractivity contribution in [2.24, 2.45) is 5.92 Å². The average molecular weight is 421 g/mol. The fourth-order valence-electron chi connectivity index (χ4n) is 5.02. The van der Waals surface area contributed by atoms with Gasteiger partial charge in [-0.05, 0) is 63.3 Å². The Hall–Kier alpha value is -2.66. The van der Waals surface area contributed by atoms with E-state index in [1.165, 1.54) is 25.3 Å². The molecule has 3 atom stereocenters. The molecule has 0 unspecified atom stereocenters. The molecular weight excluding hydrogens is 388 g/mol. The highest BCUT2D eigenvalue weighted by Crippen LogP contribution is 2.32. The number of benzene rings is 2. The van der Waals surface area contributed by atoms with Crippen molar-refractivity contribution in [3.63, 3.8) is 0 Å². The molecule has 4 rings (SSSR count). The topological polar surface area (TPSA) is 49.9 Å². The number of ether oxygens (including phenoxy) is 1. The maximum Gasteiger partial charge on any atom is 0.263 e. The minimum atomic E-state index is -0.567. The number of carbonyl (C=O) groups is 2. The van der Waals surface area contributed by atoms with Crippen molar-refractivity contribution >= 4 is 11.7 Å². The van der Waals surface area contributed by atoms with Crippen molar-refractivity contribution in [3.8, 4) is 5.75 Å². The van der Waals surface area contributed by atoms with Gasteiger partial charge in [0.05, 0.1) is 0 Å². The quantitative estimate of drug-likeness (QED) is 0.658. The van der Waals surface area contributed by atoms with Gasteiger partial charge >= 0.3 is 0 Å². The molecule has 0 N–H and O–H groups in total. The van der Waals surface area contributed by atoms with Crippen LogP contribution in [0.1, 0.15) is 49.0 Å². The molecule has 0 saturated carbocycles. The summed E-state index contributed by atoms with van der Waals surface area (Å²) in [6, 6.07) is 18.3. The Bertz CT molecular complexity index is 914. The van der Waals surface area contributed by atoms with Gasteiger partial charge in [-0.15, -0.1) is 0 Å². The van der Waals surface area contributed by atoms with Gasteiger partial charge in [-0.25, -0.2) is 0 Å². The smallest absolute Gasteiger partial charge is 0.263 e. The number of amides is 1. The van der Waals surface area contributed by atoms with Crippen LogP contribution in [0.5, 0.6) is 5.75 Å². The number of ketones is 1. The van der Waals surface area contributed by atoms with Gasteiger partial charge in [-0.2, -0.15) is 0 Å². The summed E-state index contributed by atoms with van der Waals surface area (Å²) in [7, 11) is 0. The standard InChI is InChI=1S/C26H32N2O3/c1-19(29)22-10-6-12-24(16-22)31-20(2)26(30)28-15-13-25-23(18-28)11-7-14-27(25)17-21-8-4-3-5-9-21/h3-6,8-10,12,16,20,23,25H,7,11,13-15,17-18H2,1-2H3/t20-,23+,25-/m1/s1.